The van der Waals surface area contributed by atoms with Crippen molar-refractivity contribution in [1.29, 1.82) is 0 Å². The van der Waals surface area contributed by atoms with Crippen molar-refractivity contribution in [3.05, 3.63) is 106 Å². The van der Waals surface area contributed by atoms with Crippen molar-refractivity contribution in [2.24, 2.45) is 5.92 Å². The van der Waals surface area contributed by atoms with Gasteiger partial charge in [-0.3, -0.25) is 9.59 Å². The van der Waals surface area contributed by atoms with E-state index in [1.54, 1.807) is 36.9 Å². The molecule has 0 radical (unpaired) electrons. The standard InChI is InChI=1S/C26H26ClFN2O2/c1-18(2)26(32)30(17-19-12-14-22(28)15-13-19)24(20-8-4-3-5-9-20)25(31)29-16-21-10-6-7-11-23(21)27/h3-15,18,24H,16-17H2,1-2H3,(H,29,31). The topological polar surface area (TPSA) is 49.4 Å². The minimum Gasteiger partial charge on any atom is -0.350 e. The summed E-state index contributed by atoms with van der Waals surface area (Å²) in [7, 11) is 0. The maximum absolute atomic E-state index is 13.4. The fourth-order valence-corrected chi connectivity index (χ4v) is 3.65. The molecule has 2 amide bonds. The van der Waals surface area contributed by atoms with Gasteiger partial charge in [-0.2, -0.15) is 0 Å². The van der Waals surface area contributed by atoms with Gasteiger partial charge in [0.15, 0.2) is 0 Å². The van der Waals surface area contributed by atoms with E-state index in [1.165, 1.54) is 12.1 Å². The number of halogens is 2. The molecule has 1 atom stereocenters. The third-order valence-electron chi connectivity index (χ3n) is 5.13. The van der Waals surface area contributed by atoms with Crippen LogP contribution in [0.3, 0.4) is 0 Å². The van der Waals surface area contributed by atoms with Crippen LogP contribution in [0.1, 0.15) is 36.6 Å². The van der Waals surface area contributed by atoms with Gasteiger partial charge >= 0.3 is 0 Å². The first-order valence-electron chi connectivity index (χ1n) is 10.5. The van der Waals surface area contributed by atoms with Crippen LogP contribution >= 0.6 is 11.6 Å². The number of rotatable bonds is 8. The highest BCUT2D eigenvalue weighted by Gasteiger charge is 2.32. The molecule has 0 fully saturated rings. The van der Waals surface area contributed by atoms with Gasteiger partial charge in [-0.15, -0.1) is 0 Å². The number of nitrogens with zero attached hydrogens (tertiary/aromatic N) is 1. The molecule has 0 aliphatic rings. The first kappa shape index (κ1) is 23.5. The van der Waals surface area contributed by atoms with Crippen LogP contribution in [-0.2, 0) is 22.7 Å². The lowest BCUT2D eigenvalue weighted by Crippen LogP contribution is -2.44. The average molecular weight is 453 g/mol. The number of hydrogen-bond acceptors (Lipinski definition) is 2. The van der Waals surface area contributed by atoms with Crippen molar-refractivity contribution >= 4 is 23.4 Å². The van der Waals surface area contributed by atoms with Crippen LogP contribution in [0.25, 0.3) is 0 Å². The summed E-state index contributed by atoms with van der Waals surface area (Å²) in [5.74, 6) is -1.16. The zero-order chi connectivity index (χ0) is 23.1. The SMILES string of the molecule is CC(C)C(=O)N(Cc1ccc(F)cc1)C(C(=O)NCc1ccccc1Cl)c1ccccc1. The van der Waals surface area contributed by atoms with Crippen molar-refractivity contribution in [1.82, 2.24) is 10.2 Å². The second kappa shape index (κ2) is 10.9. The molecule has 4 nitrogen and oxygen atoms in total. The first-order valence-corrected chi connectivity index (χ1v) is 10.9. The molecule has 0 saturated heterocycles. The van der Waals surface area contributed by atoms with E-state index in [0.29, 0.717) is 10.6 Å². The fourth-order valence-electron chi connectivity index (χ4n) is 3.44. The van der Waals surface area contributed by atoms with E-state index in [9.17, 15) is 14.0 Å². The van der Waals surface area contributed by atoms with Crippen molar-refractivity contribution in [3.63, 3.8) is 0 Å². The number of nitrogens with one attached hydrogen (secondary N) is 1. The lowest BCUT2D eigenvalue weighted by molar-refractivity contribution is -0.144. The zero-order valence-electron chi connectivity index (χ0n) is 18.1. The molecule has 0 bridgehead atoms. The molecule has 0 aliphatic heterocycles. The number of hydrogen-bond donors (Lipinski definition) is 1. The third kappa shape index (κ3) is 5.95. The van der Waals surface area contributed by atoms with Crippen molar-refractivity contribution in [3.8, 4) is 0 Å². The summed E-state index contributed by atoms with van der Waals surface area (Å²) in [6.07, 6.45) is 0. The third-order valence-corrected chi connectivity index (χ3v) is 5.50. The Morgan fingerprint density at radius 2 is 1.56 bits per heavy atom. The number of carbonyl (C=O) groups is 2. The molecule has 0 aromatic heterocycles. The van der Waals surface area contributed by atoms with Crippen LogP contribution in [0.15, 0.2) is 78.9 Å². The molecular weight excluding hydrogens is 427 g/mol. The Morgan fingerprint density at radius 1 is 0.938 bits per heavy atom. The van der Waals surface area contributed by atoms with E-state index in [2.05, 4.69) is 5.32 Å². The van der Waals surface area contributed by atoms with Gasteiger partial charge < -0.3 is 10.2 Å². The number of amides is 2. The molecule has 0 saturated carbocycles. The van der Waals surface area contributed by atoms with Gasteiger partial charge in [-0.1, -0.05) is 86.1 Å². The zero-order valence-corrected chi connectivity index (χ0v) is 18.9. The van der Waals surface area contributed by atoms with Gasteiger partial charge in [-0.25, -0.2) is 4.39 Å². The fraction of sp³-hybridized carbons (Fsp3) is 0.231. The molecule has 6 heteroatoms. The van der Waals surface area contributed by atoms with Crippen LogP contribution in [0.4, 0.5) is 4.39 Å². The molecule has 0 heterocycles. The van der Waals surface area contributed by atoms with Crippen LogP contribution in [0.5, 0.6) is 0 Å². The van der Waals surface area contributed by atoms with Crippen LogP contribution in [0, 0.1) is 11.7 Å². The Bertz CT molecular complexity index is 1050. The predicted molar refractivity (Wildman–Crippen MR) is 124 cm³/mol. The van der Waals surface area contributed by atoms with Crippen LogP contribution in [-0.4, -0.2) is 16.7 Å². The van der Waals surface area contributed by atoms with E-state index < -0.39 is 6.04 Å². The second-order valence-corrected chi connectivity index (χ2v) is 8.28. The molecule has 32 heavy (non-hydrogen) atoms. The summed E-state index contributed by atoms with van der Waals surface area (Å²) >= 11 is 6.23. The van der Waals surface area contributed by atoms with Crippen molar-refractivity contribution in [2.45, 2.75) is 33.0 Å². The van der Waals surface area contributed by atoms with Crippen LogP contribution in [0.2, 0.25) is 5.02 Å². The van der Waals surface area contributed by atoms with Gasteiger partial charge in [0.25, 0.3) is 0 Å². The Balaban J connectivity index is 1.94. The highest BCUT2D eigenvalue weighted by molar-refractivity contribution is 6.31. The Morgan fingerprint density at radius 3 is 2.19 bits per heavy atom. The van der Waals surface area contributed by atoms with E-state index >= 15 is 0 Å². The van der Waals surface area contributed by atoms with Gasteiger partial charge in [0.05, 0.1) is 0 Å². The van der Waals surface area contributed by atoms with Crippen LogP contribution < -0.4 is 5.32 Å². The summed E-state index contributed by atoms with van der Waals surface area (Å²) in [4.78, 5) is 28.2. The maximum atomic E-state index is 13.4. The molecule has 166 valence electrons. The number of benzene rings is 3. The molecule has 1 N–H and O–H groups in total. The summed E-state index contributed by atoms with van der Waals surface area (Å²) in [6.45, 7) is 4.01. The molecule has 3 rings (SSSR count). The van der Waals surface area contributed by atoms with Gasteiger partial charge in [0.2, 0.25) is 11.8 Å². The minimum atomic E-state index is -0.848. The molecule has 0 spiro atoms. The highest BCUT2D eigenvalue weighted by Crippen LogP contribution is 2.26. The Kier molecular flexibility index (Phi) is 8.01. The number of carbonyl (C=O) groups excluding carboxylic acids is 2. The summed E-state index contributed by atoms with van der Waals surface area (Å²) in [5.41, 5.74) is 2.22. The van der Waals surface area contributed by atoms with Crippen molar-refractivity contribution in [2.75, 3.05) is 0 Å². The van der Waals surface area contributed by atoms with E-state index in [-0.39, 0.29) is 36.6 Å². The maximum Gasteiger partial charge on any atom is 0.247 e. The molecule has 3 aromatic carbocycles. The van der Waals surface area contributed by atoms with E-state index in [4.69, 9.17) is 11.6 Å². The quantitative estimate of drug-likeness (QED) is 0.489. The van der Waals surface area contributed by atoms with Gasteiger partial charge in [-0.05, 0) is 34.9 Å². The van der Waals surface area contributed by atoms with Crippen molar-refractivity contribution < 1.29 is 14.0 Å². The lowest BCUT2D eigenvalue weighted by Gasteiger charge is -2.33. The largest absolute Gasteiger partial charge is 0.350 e. The van der Waals surface area contributed by atoms with E-state index in [1.807, 2.05) is 48.5 Å². The van der Waals surface area contributed by atoms with E-state index in [0.717, 1.165) is 11.1 Å². The Labute approximate surface area is 193 Å². The summed E-state index contributed by atoms with van der Waals surface area (Å²) < 4.78 is 13.4. The average Bonchev–Trinajstić information content (AvgIpc) is 2.79. The van der Waals surface area contributed by atoms with Gasteiger partial charge in [0.1, 0.15) is 11.9 Å². The Hall–Kier alpha value is -3.18. The first-order chi connectivity index (χ1) is 15.4. The summed E-state index contributed by atoms with van der Waals surface area (Å²) in [5, 5.41) is 3.49. The second-order valence-electron chi connectivity index (χ2n) is 7.87. The molecule has 3 aromatic rings. The minimum absolute atomic E-state index is 0.170. The highest BCUT2D eigenvalue weighted by atomic mass is 35.5. The smallest absolute Gasteiger partial charge is 0.247 e. The monoisotopic (exact) mass is 452 g/mol. The normalized spacial score (nSPS) is 11.8. The predicted octanol–water partition coefficient (Wildman–Crippen LogP) is 5.52. The molecular formula is C26H26ClFN2O2. The molecule has 0 aliphatic carbocycles. The lowest BCUT2D eigenvalue weighted by atomic mass is 10.0. The molecule has 1 unspecified atom stereocenters. The van der Waals surface area contributed by atoms with Gasteiger partial charge in [0, 0.05) is 24.0 Å². The summed E-state index contributed by atoms with van der Waals surface area (Å²) in [6, 6.07) is 21.6.